The second-order valence-corrected chi connectivity index (χ2v) is 7.57. The number of benzene rings is 2. The molecule has 1 aliphatic heterocycles. The van der Waals surface area contributed by atoms with Crippen LogP contribution in [-0.4, -0.2) is 43.3 Å². The van der Waals surface area contributed by atoms with Crippen LogP contribution in [0.15, 0.2) is 59.1 Å². The molecule has 0 atom stereocenters. The van der Waals surface area contributed by atoms with E-state index in [4.69, 9.17) is 4.52 Å². The summed E-state index contributed by atoms with van der Waals surface area (Å²) in [5.41, 5.74) is 4.38. The standard InChI is InChI=1S/C23H26N4O2/c1-16(2)25-23(28)19-5-3-4-18(14-19)21-15-22(29-26-21)17-6-8-20(9-7-17)27-12-10-24-11-13-27/h3-9,14-16,24H,10-13H2,1-2H3,(H,25,28). The summed E-state index contributed by atoms with van der Waals surface area (Å²) in [5.74, 6) is 0.623. The number of piperazine rings is 1. The van der Waals surface area contributed by atoms with E-state index >= 15 is 0 Å². The lowest BCUT2D eigenvalue weighted by atomic mass is 10.1. The molecule has 0 unspecified atom stereocenters. The number of hydrogen-bond donors (Lipinski definition) is 2. The number of carbonyl (C=O) groups is 1. The van der Waals surface area contributed by atoms with Crippen molar-refractivity contribution in [2.75, 3.05) is 31.1 Å². The van der Waals surface area contributed by atoms with E-state index in [0.29, 0.717) is 17.0 Å². The molecule has 2 N–H and O–H groups in total. The van der Waals surface area contributed by atoms with Gasteiger partial charge in [-0.05, 0) is 50.2 Å². The van der Waals surface area contributed by atoms with Crippen molar-refractivity contribution in [1.82, 2.24) is 15.8 Å². The van der Waals surface area contributed by atoms with Crippen LogP contribution in [0.2, 0.25) is 0 Å². The molecular formula is C23H26N4O2. The SMILES string of the molecule is CC(C)NC(=O)c1cccc(-c2cc(-c3ccc(N4CCNCC4)cc3)on2)c1. The molecule has 6 heteroatoms. The molecule has 0 spiro atoms. The minimum absolute atomic E-state index is 0.0888. The minimum Gasteiger partial charge on any atom is -0.369 e. The van der Waals surface area contributed by atoms with Crippen molar-refractivity contribution in [1.29, 1.82) is 0 Å². The van der Waals surface area contributed by atoms with Crippen LogP contribution in [-0.2, 0) is 0 Å². The molecule has 2 heterocycles. The van der Waals surface area contributed by atoms with Crippen LogP contribution < -0.4 is 15.5 Å². The van der Waals surface area contributed by atoms with Gasteiger partial charge in [0, 0.05) is 60.7 Å². The second-order valence-electron chi connectivity index (χ2n) is 7.57. The number of carbonyl (C=O) groups excluding carboxylic acids is 1. The molecule has 1 saturated heterocycles. The molecule has 29 heavy (non-hydrogen) atoms. The third kappa shape index (κ3) is 4.49. The first-order chi connectivity index (χ1) is 14.1. The molecule has 0 aliphatic carbocycles. The maximum atomic E-state index is 12.3. The Labute approximate surface area is 170 Å². The van der Waals surface area contributed by atoms with Crippen molar-refractivity contribution >= 4 is 11.6 Å². The molecule has 1 amide bonds. The molecule has 3 aromatic rings. The molecular weight excluding hydrogens is 364 g/mol. The molecule has 0 bridgehead atoms. The fraction of sp³-hybridized carbons (Fsp3) is 0.304. The second kappa shape index (κ2) is 8.49. The summed E-state index contributed by atoms with van der Waals surface area (Å²) in [6.07, 6.45) is 0. The Hall–Kier alpha value is -3.12. The predicted octanol–water partition coefficient (Wildman–Crippen LogP) is 3.56. The molecule has 1 aromatic heterocycles. The monoisotopic (exact) mass is 390 g/mol. The number of anilines is 1. The molecule has 4 rings (SSSR count). The van der Waals surface area contributed by atoms with Crippen molar-refractivity contribution < 1.29 is 9.32 Å². The summed E-state index contributed by atoms with van der Waals surface area (Å²) in [7, 11) is 0. The van der Waals surface area contributed by atoms with E-state index in [1.807, 2.05) is 38.1 Å². The van der Waals surface area contributed by atoms with Crippen molar-refractivity contribution in [3.8, 4) is 22.6 Å². The Bertz CT molecular complexity index is 973. The third-order valence-corrected chi connectivity index (χ3v) is 4.98. The zero-order valence-electron chi connectivity index (χ0n) is 16.8. The molecule has 6 nitrogen and oxygen atoms in total. The van der Waals surface area contributed by atoms with Crippen molar-refractivity contribution in [2.45, 2.75) is 19.9 Å². The topological polar surface area (TPSA) is 70.4 Å². The smallest absolute Gasteiger partial charge is 0.251 e. The van der Waals surface area contributed by atoms with Gasteiger partial charge in [-0.25, -0.2) is 0 Å². The average molecular weight is 390 g/mol. The summed E-state index contributed by atoms with van der Waals surface area (Å²) in [6, 6.07) is 17.8. The Balaban J connectivity index is 1.52. The van der Waals surface area contributed by atoms with Gasteiger partial charge in [0.15, 0.2) is 5.76 Å². The lowest BCUT2D eigenvalue weighted by molar-refractivity contribution is 0.0943. The van der Waals surface area contributed by atoms with Gasteiger partial charge in [0.2, 0.25) is 0 Å². The summed E-state index contributed by atoms with van der Waals surface area (Å²) < 4.78 is 5.58. The Morgan fingerprint density at radius 2 is 1.83 bits per heavy atom. The largest absolute Gasteiger partial charge is 0.369 e. The maximum Gasteiger partial charge on any atom is 0.251 e. The van der Waals surface area contributed by atoms with Crippen molar-refractivity contribution in [3.05, 3.63) is 60.2 Å². The van der Waals surface area contributed by atoms with Crippen LogP contribution in [0.1, 0.15) is 24.2 Å². The first-order valence-electron chi connectivity index (χ1n) is 10.0. The molecule has 1 fully saturated rings. The van der Waals surface area contributed by atoms with Gasteiger partial charge in [-0.2, -0.15) is 0 Å². The Morgan fingerprint density at radius 1 is 1.07 bits per heavy atom. The quantitative estimate of drug-likeness (QED) is 0.697. The van der Waals surface area contributed by atoms with E-state index in [0.717, 1.165) is 37.3 Å². The van der Waals surface area contributed by atoms with Gasteiger partial charge in [-0.15, -0.1) is 0 Å². The molecule has 2 aromatic carbocycles. The summed E-state index contributed by atoms with van der Waals surface area (Å²) in [6.45, 7) is 7.96. The van der Waals surface area contributed by atoms with E-state index < -0.39 is 0 Å². The molecule has 0 saturated carbocycles. The van der Waals surface area contributed by atoms with E-state index in [-0.39, 0.29) is 11.9 Å². The number of nitrogens with one attached hydrogen (secondary N) is 2. The minimum atomic E-state index is -0.0888. The predicted molar refractivity (Wildman–Crippen MR) is 115 cm³/mol. The lowest BCUT2D eigenvalue weighted by Gasteiger charge is -2.29. The summed E-state index contributed by atoms with van der Waals surface area (Å²) in [4.78, 5) is 14.6. The highest BCUT2D eigenvalue weighted by atomic mass is 16.5. The van der Waals surface area contributed by atoms with Crippen LogP contribution in [0, 0.1) is 0 Å². The van der Waals surface area contributed by atoms with E-state index in [2.05, 4.69) is 45.0 Å². The number of rotatable bonds is 5. The molecule has 0 radical (unpaired) electrons. The van der Waals surface area contributed by atoms with Crippen LogP contribution in [0.4, 0.5) is 5.69 Å². The van der Waals surface area contributed by atoms with E-state index in [1.54, 1.807) is 6.07 Å². The number of nitrogens with zero attached hydrogens (tertiary/aromatic N) is 2. The van der Waals surface area contributed by atoms with Crippen LogP contribution >= 0.6 is 0 Å². The first-order valence-corrected chi connectivity index (χ1v) is 10.0. The number of hydrogen-bond acceptors (Lipinski definition) is 5. The summed E-state index contributed by atoms with van der Waals surface area (Å²) in [5, 5.41) is 10.5. The zero-order valence-corrected chi connectivity index (χ0v) is 16.8. The zero-order chi connectivity index (χ0) is 20.2. The molecule has 1 aliphatic rings. The third-order valence-electron chi connectivity index (χ3n) is 4.98. The van der Waals surface area contributed by atoms with Gasteiger partial charge in [-0.1, -0.05) is 17.3 Å². The van der Waals surface area contributed by atoms with Crippen LogP contribution in [0.25, 0.3) is 22.6 Å². The Kier molecular flexibility index (Phi) is 5.62. The lowest BCUT2D eigenvalue weighted by Crippen LogP contribution is -2.43. The van der Waals surface area contributed by atoms with Crippen molar-refractivity contribution in [2.24, 2.45) is 0 Å². The fourth-order valence-electron chi connectivity index (χ4n) is 3.47. The highest BCUT2D eigenvalue weighted by Gasteiger charge is 2.14. The van der Waals surface area contributed by atoms with E-state index in [1.165, 1.54) is 5.69 Å². The number of amides is 1. The van der Waals surface area contributed by atoms with Gasteiger partial charge in [0.1, 0.15) is 5.69 Å². The Morgan fingerprint density at radius 3 is 2.55 bits per heavy atom. The first kappa shape index (κ1) is 19.2. The van der Waals surface area contributed by atoms with Gasteiger partial charge in [-0.3, -0.25) is 4.79 Å². The van der Waals surface area contributed by atoms with Crippen LogP contribution in [0.5, 0.6) is 0 Å². The normalized spacial score (nSPS) is 14.2. The average Bonchev–Trinajstić information content (AvgIpc) is 3.24. The fourth-order valence-corrected chi connectivity index (χ4v) is 3.47. The van der Waals surface area contributed by atoms with Crippen molar-refractivity contribution in [3.63, 3.8) is 0 Å². The highest BCUT2D eigenvalue weighted by molar-refractivity contribution is 5.95. The van der Waals surface area contributed by atoms with E-state index in [9.17, 15) is 4.79 Å². The highest BCUT2D eigenvalue weighted by Crippen LogP contribution is 2.28. The number of aromatic nitrogens is 1. The van der Waals surface area contributed by atoms with Gasteiger partial charge in [0.05, 0.1) is 0 Å². The maximum absolute atomic E-state index is 12.3. The molecule has 150 valence electrons. The van der Waals surface area contributed by atoms with Crippen LogP contribution in [0.3, 0.4) is 0 Å². The summed E-state index contributed by atoms with van der Waals surface area (Å²) >= 11 is 0. The van der Waals surface area contributed by atoms with Gasteiger partial charge < -0.3 is 20.1 Å². The van der Waals surface area contributed by atoms with Gasteiger partial charge >= 0.3 is 0 Å². The van der Waals surface area contributed by atoms with Gasteiger partial charge in [0.25, 0.3) is 5.91 Å².